The fourth-order valence-corrected chi connectivity index (χ4v) is 4.34. The molecule has 20 heavy (non-hydrogen) atoms. The molecule has 0 bridgehead atoms. The number of anilines is 1. The second-order valence-electron chi connectivity index (χ2n) is 5.17. The summed E-state index contributed by atoms with van der Waals surface area (Å²) in [6.07, 6.45) is 0.880. The first-order valence-corrected chi connectivity index (χ1v) is 8.74. The van der Waals surface area contributed by atoms with Gasteiger partial charge in [-0.2, -0.15) is 0 Å². The first-order valence-electron chi connectivity index (χ1n) is 6.47. The first kappa shape index (κ1) is 15.8. The van der Waals surface area contributed by atoms with E-state index in [0.717, 1.165) is 6.42 Å². The Morgan fingerprint density at radius 1 is 1.50 bits per heavy atom. The molecule has 2 atom stereocenters. The molecule has 0 spiro atoms. The van der Waals surface area contributed by atoms with Gasteiger partial charge in [-0.15, -0.1) is 0 Å². The molecule has 0 radical (unpaired) electrons. The van der Waals surface area contributed by atoms with Crippen LogP contribution in [-0.2, 0) is 14.8 Å². The third-order valence-electron chi connectivity index (χ3n) is 3.60. The van der Waals surface area contributed by atoms with Crippen molar-refractivity contribution >= 4 is 31.6 Å². The van der Waals surface area contributed by atoms with Gasteiger partial charge in [-0.3, -0.25) is 0 Å². The monoisotopic (exact) mass is 362 g/mol. The summed E-state index contributed by atoms with van der Waals surface area (Å²) in [6.45, 7) is 4.92. The number of nitrogens with two attached hydrogens (primary N) is 1. The van der Waals surface area contributed by atoms with Crippen molar-refractivity contribution in [3.05, 3.63) is 22.2 Å². The zero-order valence-electron chi connectivity index (χ0n) is 11.5. The second-order valence-corrected chi connectivity index (χ2v) is 7.71. The Balaban J connectivity index is 2.24. The maximum atomic E-state index is 12.5. The van der Waals surface area contributed by atoms with Crippen LogP contribution in [0.5, 0.6) is 0 Å². The van der Waals surface area contributed by atoms with E-state index in [1.807, 2.05) is 6.92 Å². The van der Waals surface area contributed by atoms with E-state index in [4.69, 9.17) is 10.5 Å². The summed E-state index contributed by atoms with van der Waals surface area (Å²) < 4.78 is 33.6. The smallest absolute Gasteiger partial charge is 0.241 e. The van der Waals surface area contributed by atoms with Crippen molar-refractivity contribution in [1.29, 1.82) is 0 Å². The molecule has 0 aromatic heterocycles. The fraction of sp³-hybridized carbons (Fsp3) is 0.538. The summed E-state index contributed by atoms with van der Waals surface area (Å²) in [5.41, 5.74) is 6.85. The van der Waals surface area contributed by atoms with Gasteiger partial charge in [-0.25, -0.2) is 13.1 Å². The molecule has 5 nitrogen and oxygen atoms in total. The Kier molecular flexibility index (Phi) is 4.73. The Morgan fingerprint density at radius 2 is 2.20 bits per heavy atom. The molecule has 2 rings (SSSR count). The Hall–Kier alpha value is -0.630. The summed E-state index contributed by atoms with van der Waals surface area (Å²) in [7, 11) is -3.57. The molecule has 1 aromatic rings. The quantitative estimate of drug-likeness (QED) is 0.803. The van der Waals surface area contributed by atoms with Crippen LogP contribution >= 0.6 is 15.9 Å². The first-order chi connectivity index (χ1) is 9.31. The summed E-state index contributed by atoms with van der Waals surface area (Å²) in [4.78, 5) is 0.226. The van der Waals surface area contributed by atoms with Gasteiger partial charge in [0.1, 0.15) is 0 Å². The van der Waals surface area contributed by atoms with E-state index in [1.54, 1.807) is 13.0 Å². The van der Waals surface area contributed by atoms with E-state index >= 15 is 0 Å². The van der Waals surface area contributed by atoms with Gasteiger partial charge in [-0.05, 0) is 53.9 Å². The van der Waals surface area contributed by atoms with E-state index in [1.165, 1.54) is 6.07 Å². The molecule has 1 fully saturated rings. The number of rotatable bonds is 4. The average molecular weight is 363 g/mol. The van der Waals surface area contributed by atoms with Crippen LogP contribution in [0.1, 0.15) is 18.9 Å². The zero-order chi connectivity index (χ0) is 14.9. The summed E-state index contributed by atoms with van der Waals surface area (Å²) in [6, 6.07) is 3.04. The molecule has 0 aliphatic carbocycles. The van der Waals surface area contributed by atoms with Crippen molar-refractivity contribution < 1.29 is 13.2 Å². The molecule has 1 aromatic carbocycles. The highest BCUT2D eigenvalue weighted by molar-refractivity contribution is 9.10. The fourth-order valence-electron chi connectivity index (χ4n) is 2.31. The number of halogens is 1. The van der Waals surface area contributed by atoms with E-state index in [2.05, 4.69) is 20.7 Å². The number of ether oxygens (including phenoxy) is 1. The largest absolute Gasteiger partial charge is 0.398 e. The standard InChI is InChI=1S/C13H19BrN2O3S/c1-8-5-11(14)12(15)6-13(8)20(17,18)16-9(2)10-3-4-19-7-10/h5-6,9-10,16H,3-4,7,15H2,1-2H3. The van der Waals surface area contributed by atoms with E-state index < -0.39 is 10.0 Å². The van der Waals surface area contributed by atoms with Crippen molar-refractivity contribution in [2.24, 2.45) is 5.92 Å². The molecule has 1 saturated heterocycles. The van der Waals surface area contributed by atoms with Crippen molar-refractivity contribution in [3.63, 3.8) is 0 Å². The second kappa shape index (κ2) is 6.01. The topological polar surface area (TPSA) is 81.4 Å². The predicted molar refractivity (Wildman–Crippen MR) is 82.0 cm³/mol. The van der Waals surface area contributed by atoms with Crippen molar-refractivity contribution in [3.8, 4) is 0 Å². The van der Waals surface area contributed by atoms with E-state index in [9.17, 15) is 8.42 Å². The number of nitrogens with one attached hydrogen (secondary N) is 1. The molecule has 7 heteroatoms. The molecule has 1 aliphatic heterocycles. The molecule has 0 amide bonds. The normalized spacial score (nSPS) is 21.1. The lowest BCUT2D eigenvalue weighted by atomic mass is 10.0. The summed E-state index contributed by atoms with van der Waals surface area (Å²) in [5, 5.41) is 0. The van der Waals surface area contributed by atoms with Gasteiger partial charge in [0, 0.05) is 28.7 Å². The maximum absolute atomic E-state index is 12.5. The lowest BCUT2D eigenvalue weighted by Gasteiger charge is -2.20. The Bertz CT molecular complexity index is 598. The van der Waals surface area contributed by atoms with Crippen LogP contribution in [0.4, 0.5) is 5.69 Å². The van der Waals surface area contributed by atoms with Gasteiger partial charge in [0.05, 0.1) is 11.5 Å². The molecular weight excluding hydrogens is 344 g/mol. The predicted octanol–water partition coefficient (Wildman–Crippen LogP) is 2.04. The molecule has 1 aliphatic rings. The summed E-state index contributed by atoms with van der Waals surface area (Å²) in [5.74, 6) is 0.220. The lowest BCUT2D eigenvalue weighted by molar-refractivity contribution is 0.180. The lowest BCUT2D eigenvalue weighted by Crippen LogP contribution is -2.38. The van der Waals surface area contributed by atoms with Gasteiger partial charge >= 0.3 is 0 Å². The number of aryl methyl sites for hydroxylation is 1. The highest BCUT2D eigenvalue weighted by Gasteiger charge is 2.27. The van der Waals surface area contributed by atoms with E-state index in [0.29, 0.717) is 28.9 Å². The average Bonchev–Trinajstić information content (AvgIpc) is 2.86. The van der Waals surface area contributed by atoms with Crippen LogP contribution in [0.25, 0.3) is 0 Å². The molecule has 112 valence electrons. The minimum absolute atomic E-state index is 0.160. The summed E-state index contributed by atoms with van der Waals surface area (Å²) >= 11 is 3.29. The van der Waals surface area contributed by atoms with Crippen LogP contribution in [0, 0.1) is 12.8 Å². The van der Waals surface area contributed by atoms with Gasteiger partial charge < -0.3 is 10.5 Å². The van der Waals surface area contributed by atoms with Crippen LogP contribution in [0.3, 0.4) is 0 Å². The highest BCUT2D eigenvalue weighted by Crippen LogP contribution is 2.27. The number of sulfonamides is 1. The number of benzene rings is 1. The Labute approximate surface area is 128 Å². The van der Waals surface area contributed by atoms with Gasteiger partial charge in [0.15, 0.2) is 0 Å². The third kappa shape index (κ3) is 3.33. The van der Waals surface area contributed by atoms with Gasteiger partial charge in [-0.1, -0.05) is 0 Å². The molecule has 3 N–H and O–H groups in total. The molecule has 2 unspecified atom stereocenters. The maximum Gasteiger partial charge on any atom is 0.241 e. The van der Waals surface area contributed by atoms with Crippen molar-refractivity contribution in [1.82, 2.24) is 4.72 Å². The van der Waals surface area contributed by atoms with Crippen LogP contribution in [-0.4, -0.2) is 27.7 Å². The molecule has 0 saturated carbocycles. The third-order valence-corrected chi connectivity index (χ3v) is 5.98. The highest BCUT2D eigenvalue weighted by atomic mass is 79.9. The van der Waals surface area contributed by atoms with Gasteiger partial charge in [0.25, 0.3) is 0 Å². The number of nitrogen functional groups attached to an aromatic ring is 1. The SMILES string of the molecule is Cc1cc(Br)c(N)cc1S(=O)(=O)NC(C)C1CCOC1. The zero-order valence-corrected chi connectivity index (χ0v) is 13.9. The minimum Gasteiger partial charge on any atom is -0.398 e. The van der Waals surface area contributed by atoms with Crippen molar-refractivity contribution in [2.75, 3.05) is 18.9 Å². The number of hydrogen-bond donors (Lipinski definition) is 2. The number of hydrogen-bond acceptors (Lipinski definition) is 4. The van der Waals surface area contributed by atoms with Gasteiger partial charge in [0.2, 0.25) is 10.0 Å². The van der Waals surface area contributed by atoms with Crippen LogP contribution in [0.2, 0.25) is 0 Å². The van der Waals surface area contributed by atoms with E-state index in [-0.39, 0.29) is 16.9 Å². The van der Waals surface area contributed by atoms with Crippen molar-refractivity contribution in [2.45, 2.75) is 31.2 Å². The van der Waals surface area contributed by atoms with Crippen LogP contribution in [0.15, 0.2) is 21.5 Å². The Morgan fingerprint density at radius 3 is 2.80 bits per heavy atom. The van der Waals surface area contributed by atoms with Crippen LogP contribution < -0.4 is 10.5 Å². The molecular formula is C13H19BrN2O3S. The minimum atomic E-state index is -3.57. The molecule has 1 heterocycles.